The summed E-state index contributed by atoms with van der Waals surface area (Å²) in [6.07, 6.45) is 3.20. The van der Waals surface area contributed by atoms with Gasteiger partial charge in [0.05, 0.1) is 23.7 Å². The van der Waals surface area contributed by atoms with Crippen LogP contribution in [0.3, 0.4) is 0 Å². The van der Waals surface area contributed by atoms with Gasteiger partial charge in [0.15, 0.2) is 5.94 Å². The first-order valence-corrected chi connectivity index (χ1v) is 4.71. The van der Waals surface area contributed by atoms with E-state index in [-0.39, 0.29) is 5.94 Å². The molecule has 0 saturated carbocycles. The van der Waals surface area contributed by atoms with Gasteiger partial charge in [-0.3, -0.25) is 4.21 Å². The van der Waals surface area contributed by atoms with E-state index in [0.717, 1.165) is 0 Å². The summed E-state index contributed by atoms with van der Waals surface area (Å²) < 4.78 is 20.7. The Morgan fingerprint density at radius 2 is 2.73 bits per heavy atom. The van der Waals surface area contributed by atoms with Crippen LogP contribution in [0.15, 0.2) is 23.5 Å². The van der Waals surface area contributed by atoms with Gasteiger partial charge in [-0.25, -0.2) is 0 Å². The molecule has 0 aliphatic carbocycles. The van der Waals surface area contributed by atoms with E-state index in [1.165, 1.54) is 6.26 Å². The summed E-state index contributed by atoms with van der Waals surface area (Å²) >= 11 is 0. The van der Waals surface area contributed by atoms with E-state index < -0.39 is 10.8 Å². The Bertz CT molecular complexity index is 208. The molecule has 0 N–H and O–H groups in total. The molecule has 1 rings (SSSR count). The average Bonchev–Trinajstić information content (AvgIpc) is 2.37. The van der Waals surface area contributed by atoms with Crippen LogP contribution in [0.5, 0.6) is 0 Å². The molecule has 0 aromatic rings. The predicted molar refractivity (Wildman–Crippen MR) is 42.9 cm³/mol. The standard InChI is InChI=1S/C7H10O3S/c1-2-9-4-3-7-5-11(8)6-10-7/h3-5H,2,6H2,1H3/b4-3+. The van der Waals surface area contributed by atoms with E-state index >= 15 is 0 Å². The summed E-state index contributed by atoms with van der Waals surface area (Å²) in [6, 6.07) is 0. The topological polar surface area (TPSA) is 35.5 Å². The fraction of sp³-hybridized carbons (Fsp3) is 0.429. The Balaban J connectivity index is 2.37. The first-order chi connectivity index (χ1) is 5.33. The van der Waals surface area contributed by atoms with Crippen LogP contribution >= 0.6 is 0 Å². The lowest BCUT2D eigenvalue weighted by Gasteiger charge is -1.94. The zero-order valence-electron chi connectivity index (χ0n) is 6.28. The van der Waals surface area contributed by atoms with Crippen molar-refractivity contribution in [1.82, 2.24) is 0 Å². The van der Waals surface area contributed by atoms with Crippen molar-refractivity contribution in [3.63, 3.8) is 0 Å². The van der Waals surface area contributed by atoms with E-state index in [2.05, 4.69) is 0 Å². The van der Waals surface area contributed by atoms with Crippen LogP contribution in [0.4, 0.5) is 0 Å². The Morgan fingerprint density at radius 1 is 1.91 bits per heavy atom. The molecule has 0 fully saturated rings. The van der Waals surface area contributed by atoms with Gasteiger partial charge < -0.3 is 9.47 Å². The minimum Gasteiger partial charge on any atom is -0.501 e. The van der Waals surface area contributed by atoms with Gasteiger partial charge in [-0.1, -0.05) is 0 Å². The maximum Gasteiger partial charge on any atom is 0.167 e. The van der Waals surface area contributed by atoms with E-state index in [1.807, 2.05) is 6.92 Å². The summed E-state index contributed by atoms with van der Waals surface area (Å²) in [7, 11) is -0.949. The first-order valence-electron chi connectivity index (χ1n) is 3.33. The van der Waals surface area contributed by atoms with E-state index in [0.29, 0.717) is 12.4 Å². The largest absolute Gasteiger partial charge is 0.501 e. The average molecular weight is 174 g/mol. The Hall–Kier alpha value is -0.770. The fourth-order valence-corrected chi connectivity index (χ4v) is 1.35. The number of rotatable bonds is 3. The van der Waals surface area contributed by atoms with Gasteiger partial charge >= 0.3 is 0 Å². The van der Waals surface area contributed by atoms with Gasteiger partial charge in [0.25, 0.3) is 0 Å². The summed E-state index contributed by atoms with van der Waals surface area (Å²) in [5.41, 5.74) is 0. The summed E-state index contributed by atoms with van der Waals surface area (Å²) in [6.45, 7) is 2.53. The van der Waals surface area contributed by atoms with Gasteiger partial charge in [-0.05, 0) is 6.92 Å². The Morgan fingerprint density at radius 3 is 3.27 bits per heavy atom. The SMILES string of the molecule is CCO/C=C/C1=CS(=O)CO1. The van der Waals surface area contributed by atoms with Crippen molar-refractivity contribution in [3.05, 3.63) is 23.5 Å². The van der Waals surface area contributed by atoms with Crippen molar-refractivity contribution < 1.29 is 13.7 Å². The van der Waals surface area contributed by atoms with Crippen molar-refractivity contribution in [2.45, 2.75) is 6.92 Å². The van der Waals surface area contributed by atoms with Gasteiger partial charge in [-0.15, -0.1) is 0 Å². The number of ether oxygens (including phenoxy) is 2. The normalized spacial score (nSPS) is 23.4. The molecule has 1 aliphatic rings. The second kappa shape index (κ2) is 4.18. The van der Waals surface area contributed by atoms with E-state index in [9.17, 15) is 4.21 Å². The summed E-state index contributed by atoms with van der Waals surface area (Å²) in [5.74, 6) is 0.892. The summed E-state index contributed by atoms with van der Waals surface area (Å²) in [4.78, 5) is 0. The Labute approximate surface area is 68.1 Å². The molecule has 11 heavy (non-hydrogen) atoms. The maximum absolute atomic E-state index is 10.7. The molecule has 3 nitrogen and oxygen atoms in total. The van der Waals surface area contributed by atoms with Crippen molar-refractivity contribution in [3.8, 4) is 0 Å². The molecule has 4 heteroatoms. The lowest BCUT2D eigenvalue weighted by molar-refractivity contribution is 0.260. The predicted octanol–water partition coefficient (Wildman–Crippen LogP) is 1.11. The lowest BCUT2D eigenvalue weighted by atomic mass is 10.5. The lowest BCUT2D eigenvalue weighted by Crippen LogP contribution is -1.85. The third-order valence-electron chi connectivity index (χ3n) is 1.08. The number of allylic oxidation sites excluding steroid dienone is 1. The van der Waals surface area contributed by atoms with E-state index in [1.54, 1.807) is 11.5 Å². The molecule has 0 aromatic carbocycles. The molecular weight excluding hydrogens is 164 g/mol. The van der Waals surface area contributed by atoms with Crippen LogP contribution in [0, 0.1) is 0 Å². The van der Waals surface area contributed by atoms with Crippen LogP contribution in [-0.4, -0.2) is 16.8 Å². The molecule has 0 spiro atoms. The van der Waals surface area contributed by atoms with Crippen molar-refractivity contribution >= 4 is 10.8 Å². The molecule has 1 unspecified atom stereocenters. The monoisotopic (exact) mass is 174 g/mol. The van der Waals surface area contributed by atoms with Crippen LogP contribution in [-0.2, 0) is 20.3 Å². The summed E-state index contributed by atoms with van der Waals surface area (Å²) in [5, 5.41) is 1.56. The van der Waals surface area contributed by atoms with Crippen molar-refractivity contribution in [2.75, 3.05) is 12.5 Å². The molecule has 0 saturated heterocycles. The second-order valence-corrected chi connectivity index (χ2v) is 3.15. The second-order valence-electron chi connectivity index (χ2n) is 1.92. The molecule has 1 atom stereocenters. The highest BCUT2D eigenvalue weighted by Crippen LogP contribution is 2.10. The third-order valence-corrected chi connectivity index (χ3v) is 1.93. The molecule has 0 amide bonds. The van der Waals surface area contributed by atoms with Gasteiger partial charge in [0, 0.05) is 11.5 Å². The maximum atomic E-state index is 10.7. The molecule has 62 valence electrons. The molecule has 0 bridgehead atoms. The van der Waals surface area contributed by atoms with E-state index in [4.69, 9.17) is 9.47 Å². The highest BCUT2D eigenvalue weighted by Gasteiger charge is 2.07. The molecule has 0 aromatic heterocycles. The third kappa shape index (κ3) is 2.76. The van der Waals surface area contributed by atoms with Crippen molar-refractivity contribution in [2.24, 2.45) is 0 Å². The van der Waals surface area contributed by atoms with Crippen LogP contribution in [0.2, 0.25) is 0 Å². The molecule has 1 heterocycles. The highest BCUT2D eigenvalue weighted by molar-refractivity contribution is 7.88. The number of hydrogen-bond donors (Lipinski definition) is 0. The van der Waals surface area contributed by atoms with Gasteiger partial charge in [0.1, 0.15) is 5.76 Å². The molecular formula is C7H10O3S. The highest BCUT2D eigenvalue weighted by atomic mass is 32.2. The van der Waals surface area contributed by atoms with Gasteiger partial charge in [-0.2, -0.15) is 0 Å². The van der Waals surface area contributed by atoms with Gasteiger partial charge in [0.2, 0.25) is 0 Å². The van der Waals surface area contributed by atoms with Crippen LogP contribution < -0.4 is 0 Å². The quantitative estimate of drug-likeness (QED) is 0.601. The number of hydrogen-bond acceptors (Lipinski definition) is 3. The van der Waals surface area contributed by atoms with Crippen LogP contribution in [0.25, 0.3) is 0 Å². The molecule has 1 aliphatic heterocycles. The minimum atomic E-state index is -0.949. The molecule has 0 radical (unpaired) electrons. The van der Waals surface area contributed by atoms with Crippen molar-refractivity contribution in [1.29, 1.82) is 0 Å². The Kier molecular flexibility index (Phi) is 3.16. The smallest absolute Gasteiger partial charge is 0.167 e. The minimum absolute atomic E-state index is 0.270. The first kappa shape index (κ1) is 8.33. The zero-order chi connectivity index (χ0) is 8.10. The fourth-order valence-electron chi connectivity index (χ4n) is 0.623. The zero-order valence-corrected chi connectivity index (χ0v) is 7.10. The van der Waals surface area contributed by atoms with Crippen LogP contribution in [0.1, 0.15) is 6.92 Å².